The van der Waals surface area contributed by atoms with Gasteiger partial charge in [0, 0.05) is 5.02 Å². The zero-order valence-corrected chi connectivity index (χ0v) is 11.8. The molecular weight excluding hydrogens is 264 g/mol. The lowest BCUT2D eigenvalue weighted by atomic mass is 9.95. The highest BCUT2D eigenvalue weighted by Crippen LogP contribution is 2.25. The third kappa shape index (κ3) is 2.92. The Labute approximate surface area is 124 Å². The van der Waals surface area contributed by atoms with E-state index in [1.54, 1.807) is 0 Å². The van der Waals surface area contributed by atoms with Gasteiger partial charge in [-0.05, 0) is 40.8 Å². The van der Waals surface area contributed by atoms with Crippen molar-refractivity contribution in [2.24, 2.45) is 0 Å². The van der Waals surface area contributed by atoms with Crippen LogP contribution in [0.5, 0.6) is 0 Å². The molecular formula is C19H15Cl. The molecule has 0 fully saturated rings. The average molecular weight is 279 g/mol. The van der Waals surface area contributed by atoms with E-state index < -0.39 is 0 Å². The summed E-state index contributed by atoms with van der Waals surface area (Å²) in [6.45, 7) is 0. The van der Waals surface area contributed by atoms with Crippen LogP contribution in [0.2, 0.25) is 5.02 Å². The van der Waals surface area contributed by atoms with Gasteiger partial charge in [-0.25, -0.2) is 0 Å². The Balaban J connectivity index is 1.96. The summed E-state index contributed by atoms with van der Waals surface area (Å²) in [5.41, 5.74) is 5.17. The molecule has 20 heavy (non-hydrogen) atoms. The molecule has 0 N–H and O–H groups in total. The summed E-state index contributed by atoms with van der Waals surface area (Å²) < 4.78 is 0. The van der Waals surface area contributed by atoms with Crippen LogP contribution in [0.4, 0.5) is 0 Å². The quantitative estimate of drug-likeness (QED) is 0.585. The molecule has 0 atom stereocenters. The van der Waals surface area contributed by atoms with Crippen LogP contribution < -0.4 is 0 Å². The predicted octanol–water partition coefficient (Wildman–Crippen LogP) is 5.60. The molecule has 0 amide bonds. The zero-order chi connectivity index (χ0) is 13.8. The molecule has 0 spiro atoms. The van der Waals surface area contributed by atoms with Gasteiger partial charge in [0.25, 0.3) is 0 Å². The van der Waals surface area contributed by atoms with Crippen LogP contribution in [0.3, 0.4) is 0 Å². The number of halogens is 1. The summed E-state index contributed by atoms with van der Waals surface area (Å²) in [5, 5.41) is 0.782. The Kier molecular flexibility index (Phi) is 3.85. The number of hydrogen-bond donors (Lipinski definition) is 0. The van der Waals surface area contributed by atoms with Crippen molar-refractivity contribution >= 4 is 11.6 Å². The maximum atomic E-state index is 5.94. The molecule has 0 aliphatic rings. The number of benzene rings is 3. The van der Waals surface area contributed by atoms with Gasteiger partial charge in [-0.3, -0.25) is 0 Å². The van der Waals surface area contributed by atoms with E-state index in [1.165, 1.54) is 22.3 Å². The molecule has 3 aromatic carbocycles. The second kappa shape index (κ2) is 5.94. The molecule has 0 aliphatic carbocycles. The Morgan fingerprint density at radius 1 is 0.650 bits per heavy atom. The van der Waals surface area contributed by atoms with Gasteiger partial charge in [-0.1, -0.05) is 78.3 Å². The van der Waals surface area contributed by atoms with Crippen LogP contribution in [-0.2, 0) is 6.42 Å². The highest BCUT2D eigenvalue weighted by Gasteiger charge is 2.05. The van der Waals surface area contributed by atoms with Gasteiger partial charge in [-0.15, -0.1) is 0 Å². The molecule has 3 aromatic rings. The summed E-state index contributed by atoms with van der Waals surface area (Å²) in [7, 11) is 0. The molecule has 0 heterocycles. The third-order valence-corrected chi connectivity index (χ3v) is 3.66. The molecule has 1 heteroatoms. The molecule has 98 valence electrons. The van der Waals surface area contributed by atoms with E-state index in [-0.39, 0.29) is 0 Å². The van der Waals surface area contributed by atoms with Crippen molar-refractivity contribution in [3.05, 3.63) is 95.0 Å². The SMILES string of the molecule is Clc1ccc(Cc2ccccc2-c2ccccc2)cc1. The van der Waals surface area contributed by atoms with Gasteiger partial charge in [0.1, 0.15) is 0 Å². The van der Waals surface area contributed by atoms with Gasteiger partial charge in [0.2, 0.25) is 0 Å². The average Bonchev–Trinajstić information content (AvgIpc) is 2.51. The van der Waals surface area contributed by atoms with Crippen molar-refractivity contribution in [3.8, 4) is 11.1 Å². The molecule has 0 saturated carbocycles. The van der Waals surface area contributed by atoms with Gasteiger partial charge in [0.15, 0.2) is 0 Å². The summed E-state index contributed by atoms with van der Waals surface area (Å²) in [4.78, 5) is 0. The standard InChI is InChI=1S/C19H15Cl/c20-18-12-10-15(11-13-18)14-17-8-4-5-9-19(17)16-6-2-1-3-7-16/h1-13H,14H2. The summed E-state index contributed by atoms with van der Waals surface area (Å²) in [6.07, 6.45) is 0.919. The van der Waals surface area contributed by atoms with Crippen LogP contribution in [0.25, 0.3) is 11.1 Å². The first kappa shape index (κ1) is 13.0. The van der Waals surface area contributed by atoms with Gasteiger partial charge in [0.05, 0.1) is 0 Å². The summed E-state index contributed by atoms with van der Waals surface area (Å²) in [6, 6.07) is 27.1. The Bertz CT molecular complexity index is 684. The first-order valence-electron chi connectivity index (χ1n) is 6.71. The number of rotatable bonds is 3. The molecule has 0 unspecified atom stereocenters. The lowest BCUT2D eigenvalue weighted by Crippen LogP contribution is -1.91. The fourth-order valence-electron chi connectivity index (χ4n) is 2.40. The third-order valence-electron chi connectivity index (χ3n) is 3.41. The maximum absolute atomic E-state index is 5.94. The molecule has 0 saturated heterocycles. The highest BCUT2D eigenvalue weighted by atomic mass is 35.5. The minimum atomic E-state index is 0.782. The van der Waals surface area contributed by atoms with Crippen molar-refractivity contribution in [2.45, 2.75) is 6.42 Å². The van der Waals surface area contributed by atoms with Crippen LogP contribution in [-0.4, -0.2) is 0 Å². The van der Waals surface area contributed by atoms with Crippen molar-refractivity contribution in [2.75, 3.05) is 0 Å². The minimum Gasteiger partial charge on any atom is -0.0843 e. The van der Waals surface area contributed by atoms with E-state index in [2.05, 4.69) is 60.7 Å². The van der Waals surface area contributed by atoms with E-state index in [4.69, 9.17) is 11.6 Å². The van der Waals surface area contributed by atoms with E-state index in [0.29, 0.717) is 0 Å². The summed E-state index contributed by atoms with van der Waals surface area (Å²) >= 11 is 5.94. The second-order valence-electron chi connectivity index (χ2n) is 4.83. The highest BCUT2D eigenvalue weighted by molar-refractivity contribution is 6.30. The van der Waals surface area contributed by atoms with Gasteiger partial charge in [-0.2, -0.15) is 0 Å². The smallest absolute Gasteiger partial charge is 0.0406 e. The molecule has 0 aromatic heterocycles. The van der Waals surface area contributed by atoms with Crippen LogP contribution in [0.1, 0.15) is 11.1 Å². The van der Waals surface area contributed by atoms with E-state index in [9.17, 15) is 0 Å². The fraction of sp³-hybridized carbons (Fsp3) is 0.0526. The number of hydrogen-bond acceptors (Lipinski definition) is 0. The zero-order valence-electron chi connectivity index (χ0n) is 11.1. The lowest BCUT2D eigenvalue weighted by Gasteiger charge is -2.10. The fourth-order valence-corrected chi connectivity index (χ4v) is 2.52. The van der Waals surface area contributed by atoms with Crippen molar-refractivity contribution in [1.29, 1.82) is 0 Å². The normalized spacial score (nSPS) is 10.4. The van der Waals surface area contributed by atoms with E-state index >= 15 is 0 Å². The Morgan fingerprint density at radius 3 is 2.05 bits per heavy atom. The van der Waals surface area contributed by atoms with E-state index in [1.807, 2.05) is 18.2 Å². The summed E-state index contributed by atoms with van der Waals surface area (Å²) in [5.74, 6) is 0. The van der Waals surface area contributed by atoms with Crippen molar-refractivity contribution in [1.82, 2.24) is 0 Å². The predicted molar refractivity (Wildman–Crippen MR) is 86.1 cm³/mol. The lowest BCUT2D eigenvalue weighted by molar-refractivity contribution is 1.19. The first-order chi connectivity index (χ1) is 9.83. The second-order valence-corrected chi connectivity index (χ2v) is 5.26. The molecule has 0 nitrogen and oxygen atoms in total. The topological polar surface area (TPSA) is 0 Å². The first-order valence-corrected chi connectivity index (χ1v) is 7.08. The van der Waals surface area contributed by atoms with E-state index in [0.717, 1.165) is 11.4 Å². The van der Waals surface area contributed by atoms with Crippen LogP contribution in [0.15, 0.2) is 78.9 Å². The van der Waals surface area contributed by atoms with Crippen LogP contribution >= 0.6 is 11.6 Å². The monoisotopic (exact) mass is 278 g/mol. The van der Waals surface area contributed by atoms with Crippen molar-refractivity contribution < 1.29 is 0 Å². The largest absolute Gasteiger partial charge is 0.0843 e. The molecule has 0 bridgehead atoms. The molecule has 0 aliphatic heterocycles. The molecule has 3 rings (SSSR count). The maximum Gasteiger partial charge on any atom is 0.0406 e. The van der Waals surface area contributed by atoms with Gasteiger partial charge >= 0.3 is 0 Å². The Morgan fingerprint density at radius 2 is 1.30 bits per heavy atom. The van der Waals surface area contributed by atoms with Gasteiger partial charge < -0.3 is 0 Å². The van der Waals surface area contributed by atoms with Crippen molar-refractivity contribution in [3.63, 3.8) is 0 Å². The minimum absolute atomic E-state index is 0.782. The van der Waals surface area contributed by atoms with Crippen LogP contribution in [0, 0.1) is 0 Å². The molecule has 0 radical (unpaired) electrons. The Hall–Kier alpha value is -2.05.